The van der Waals surface area contributed by atoms with Crippen LogP contribution in [0.2, 0.25) is 0 Å². The van der Waals surface area contributed by atoms with Gasteiger partial charge in [0, 0.05) is 5.92 Å². The van der Waals surface area contributed by atoms with Gasteiger partial charge in [-0.05, 0) is 6.92 Å². The van der Waals surface area contributed by atoms with E-state index in [0.717, 1.165) is 10.2 Å². The minimum Gasteiger partial charge on any atom is -0.374 e. The lowest BCUT2D eigenvalue weighted by atomic mass is 10.2. The maximum atomic E-state index is 5.52. The van der Waals surface area contributed by atoms with Gasteiger partial charge in [0.15, 0.2) is 10.2 Å². The second kappa shape index (κ2) is 5.01. The van der Waals surface area contributed by atoms with E-state index >= 15 is 0 Å². The molecule has 0 aliphatic rings. The van der Waals surface area contributed by atoms with E-state index in [1.165, 1.54) is 23.1 Å². The molecule has 2 aromatic rings. The zero-order valence-electron chi connectivity index (χ0n) is 9.75. The molecule has 0 spiro atoms. The Bertz CT molecular complexity index is 495. The van der Waals surface area contributed by atoms with E-state index in [1.807, 2.05) is 20.8 Å². The second-order valence-corrected chi connectivity index (χ2v) is 6.41. The van der Waals surface area contributed by atoms with Crippen LogP contribution in [0.15, 0.2) is 8.86 Å². The summed E-state index contributed by atoms with van der Waals surface area (Å²) in [4.78, 5) is 4.34. The summed E-state index contributed by atoms with van der Waals surface area (Å²) in [7, 11) is 0. The molecule has 0 amide bonds. The van der Waals surface area contributed by atoms with Crippen molar-refractivity contribution < 1.29 is 4.52 Å². The van der Waals surface area contributed by atoms with Crippen LogP contribution in [-0.2, 0) is 0 Å². The molecule has 0 saturated heterocycles. The van der Waals surface area contributed by atoms with Crippen LogP contribution in [0.4, 0.5) is 5.13 Å². The number of hydrogen-bond acceptors (Lipinski definition) is 8. The molecule has 0 radical (unpaired) electrons. The van der Waals surface area contributed by atoms with E-state index in [-0.39, 0.29) is 11.2 Å². The second-order valence-electron chi connectivity index (χ2n) is 3.81. The van der Waals surface area contributed by atoms with Gasteiger partial charge in [0.1, 0.15) is 0 Å². The maximum absolute atomic E-state index is 5.52. The number of hydrogen-bond donors (Lipinski definition) is 1. The minimum absolute atomic E-state index is 0.0438. The van der Waals surface area contributed by atoms with Crippen molar-refractivity contribution in [1.29, 1.82) is 0 Å². The van der Waals surface area contributed by atoms with Crippen LogP contribution in [0.25, 0.3) is 0 Å². The summed E-state index contributed by atoms with van der Waals surface area (Å²) >= 11 is 2.86. The molecule has 0 aliphatic carbocycles. The first-order valence-electron chi connectivity index (χ1n) is 5.15. The molecule has 1 unspecified atom stereocenters. The van der Waals surface area contributed by atoms with Crippen molar-refractivity contribution in [3.63, 3.8) is 0 Å². The molecule has 0 aromatic carbocycles. The molecular formula is C9H13N5OS2. The molecule has 6 nitrogen and oxygen atoms in total. The van der Waals surface area contributed by atoms with E-state index in [9.17, 15) is 0 Å². The summed E-state index contributed by atoms with van der Waals surface area (Å²) in [5.74, 6) is 1.60. The normalized spacial score (nSPS) is 13.2. The van der Waals surface area contributed by atoms with Crippen LogP contribution in [0.1, 0.15) is 43.7 Å². The molecule has 0 fully saturated rings. The van der Waals surface area contributed by atoms with Crippen LogP contribution in [0.5, 0.6) is 0 Å². The Kier molecular flexibility index (Phi) is 3.63. The molecule has 0 saturated carbocycles. The topological polar surface area (TPSA) is 90.7 Å². The van der Waals surface area contributed by atoms with Crippen molar-refractivity contribution in [2.75, 3.05) is 5.73 Å². The van der Waals surface area contributed by atoms with Gasteiger partial charge >= 0.3 is 0 Å². The SMILES string of the molecule is CC(C)c1noc(C(C)Sc2nnc(N)s2)n1. The molecule has 17 heavy (non-hydrogen) atoms. The molecule has 92 valence electrons. The Morgan fingerprint density at radius 1 is 1.29 bits per heavy atom. The third-order valence-electron chi connectivity index (χ3n) is 2.02. The molecule has 1 atom stereocenters. The molecule has 2 heterocycles. The minimum atomic E-state index is 0.0438. The molecule has 2 aromatic heterocycles. The van der Waals surface area contributed by atoms with E-state index in [0.29, 0.717) is 11.0 Å². The van der Waals surface area contributed by atoms with E-state index in [4.69, 9.17) is 10.3 Å². The van der Waals surface area contributed by atoms with Gasteiger partial charge in [-0.15, -0.1) is 10.2 Å². The Morgan fingerprint density at radius 2 is 2.06 bits per heavy atom. The fraction of sp³-hybridized carbons (Fsp3) is 0.556. The third-order valence-corrected chi connectivity index (χ3v) is 3.95. The van der Waals surface area contributed by atoms with Crippen LogP contribution in [-0.4, -0.2) is 20.3 Å². The van der Waals surface area contributed by atoms with E-state index in [1.54, 1.807) is 0 Å². The molecule has 0 bridgehead atoms. The van der Waals surface area contributed by atoms with Gasteiger partial charge in [-0.3, -0.25) is 0 Å². The Hall–Kier alpha value is -1.15. The molecular weight excluding hydrogens is 258 g/mol. The summed E-state index contributed by atoms with van der Waals surface area (Å²) in [6, 6.07) is 0. The number of aromatic nitrogens is 4. The largest absolute Gasteiger partial charge is 0.374 e. The van der Waals surface area contributed by atoms with E-state index in [2.05, 4.69) is 20.3 Å². The van der Waals surface area contributed by atoms with Gasteiger partial charge in [0.2, 0.25) is 11.0 Å². The monoisotopic (exact) mass is 271 g/mol. The van der Waals surface area contributed by atoms with Gasteiger partial charge in [0.25, 0.3) is 0 Å². The van der Waals surface area contributed by atoms with Gasteiger partial charge in [-0.25, -0.2) is 0 Å². The molecule has 8 heteroatoms. The highest BCUT2D eigenvalue weighted by molar-refractivity contribution is 8.01. The summed E-state index contributed by atoms with van der Waals surface area (Å²) in [6.07, 6.45) is 0. The van der Waals surface area contributed by atoms with Crippen molar-refractivity contribution in [2.24, 2.45) is 0 Å². The predicted molar refractivity (Wildman–Crippen MR) is 67.0 cm³/mol. The van der Waals surface area contributed by atoms with E-state index < -0.39 is 0 Å². The van der Waals surface area contributed by atoms with Crippen LogP contribution >= 0.6 is 23.1 Å². The fourth-order valence-corrected chi connectivity index (χ4v) is 2.93. The highest BCUT2D eigenvalue weighted by Gasteiger charge is 2.18. The predicted octanol–water partition coefficient (Wildman–Crippen LogP) is 2.48. The van der Waals surface area contributed by atoms with Crippen molar-refractivity contribution in [3.8, 4) is 0 Å². The van der Waals surface area contributed by atoms with Crippen molar-refractivity contribution in [2.45, 2.75) is 36.3 Å². The first kappa shape index (κ1) is 12.3. The lowest BCUT2D eigenvalue weighted by molar-refractivity contribution is 0.373. The van der Waals surface area contributed by atoms with Crippen molar-refractivity contribution >= 4 is 28.2 Å². The smallest absolute Gasteiger partial charge is 0.239 e. The highest BCUT2D eigenvalue weighted by atomic mass is 32.2. The third kappa shape index (κ3) is 2.95. The van der Waals surface area contributed by atoms with Gasteiger partial charge in [-0.1, -0.05) is 42.1 Å². The van der Waals surface area contributed by atoms with Crippen LogP contribution in [0.3, 0.4) is 0 Å². The Balaban J connectivity index is 2.06. The summed E-state index contributed by atoms with van der Waals surface area (Å²) in [5.41, 5.74) is 5.52. The number of rotatable bonds is 4. The van der Waals surface area contributed by atoms with Crippen molar-refractivity contribution in [3.05, 3.63) is 11.7 Å². The van der Waals surface area contributed by atoms with Gasteiger partial charge < -0.3 is 10.3 Å². The number of anilines is 1. The number of thioether (sulfide) groups is 1. The molecule has 2 rings (SSSR count). The van der Waals surface area contributed by atoms with Crippen LogP contribution < -0.4 is 5.73 Å². The zero-order valence-corrected chi connectivity index (χ0v) is 11.4. The first-order valence-corrected chi connectivity index (χ1v) is 6.85. The first-order chi connectivity index (χ1) is 8.06. The average Bonchev–Trinajstić information content (AvgIpc) is 2.86. The Labute approximate surface area is 107 Å². The summed E-state index contributed by atoms with van der Waals surface area (Å²) in [6.45, 7) is 6.04. The maximum Gasteiger partial charge on any atom is 0.239 e. The van der Waals surface area contributed by atoms with Gasteiger partial charge in [0.05, 0.1) is 5.25 Å². The van der Waals surface area contributed by atoms with Crippen LogP contribution in [0, 0.1) is 0 Å². The lowest BCUT2D eigenvalue weighted by Gasteiger charge is -2.01. The average molecular weight is 271 g/mol. The molecule has 2 N–H and O–H groups in total. The number of nitrogens with zero attached hydrogens (tertiary/aromatic N) is 4. The zero-order chi connectivity index (χ0) is 12.4. The molecule has 0 aliphatic heterocycles. The standard InChI is InChI=1S/C9H13N5OS2/c1-4(2)6-11-7(15-14-6)5(3)16-9-13-12-8(10)17-9/h4-5H,1-3H3,(H2,10,12). The lowest BCUT2D eigenvalue weighted by Crippen LogP contribution is -1.92. The van der Waals surface area contributed by atoms with Gasteiger partial charge in [-0.2, -0.15) is 4.98 Å². The summed E-state index contributed by atoms with van der Waals surface area (Å²) in [5, 5.41) is 12.1. The van der Waals surface area contributed by atoms with Crippen molar-refractivity contribution in [1.82, 2.24) is 20.3 Å². The fourth-order valence-electron chi connectivity index (χ4n) is 1.12. The quantitative estimate of drug-likeness (QED) is 0.854. The number of nitrogens with two attached hydrogens (primary N) is 1. The number of nitrogen functional groups attached to an aromatic ring is 1. The Morgan fingerprint density at radius 3 is 2.59 bits per heavy atom. The summed E-state index contributed by atoms with van der Waals surface area (Å²) < 4.78 is 6.01. The highest BCUT2D eigenvalue weighted by Crippen LogP contribution is 2.36.